The van der Waals surface area contributed by atoms with Gasteiger partial charge in [0.25, 0.3) is 11.8 Å². The van der Waals surface area contributed by atoms with Crippen molar-refractivity contribution in [2.24, 2.45) is 0 Å². The molecular formula is C40H33N3O4S. The zero-order chi connectivity index (χ0) is 33.5. The predicted molar refractivity (Wildman–Crippen MR) is 194 cm³/mol. The van der Waals surface area contributed by atoms with E-state index in [1.165, 1.54) is 17.8 Å². The third-order valence-corrected chi connectivity index (χ3v) is 8.73. The summed E-state index contributed by atoms with van der Waals surface area (Å²) in [5.74, 6) is -0.00290. The Bertz CT molecular complexity index is 2100. The number of carbonyl (C=O) groups is 3. The first-order valence-electron chi connectivity index (χ1n) is 15.4. The minimum absolute atomic E-state index is 0.0193. The van der Waals surface area contributed by atoms with Crippen molar-refractivity contribution in [1.29, 1.82) is 0 Å². The molecule has 3 N–H and O–H groups in total. The quantitative estimate of drug-likeness (QED) is 0.101. The van der Waals surface area contributed by atoms with Gasteiger partial charge in [0.15, 0.2) is 0 Å². The lowest BCUT2D eigenvalue weighted by Gasteiger charge is -2.14. The van der Waals surface area contributed by atoms with Crippen molar-refractivity contribution in [3.63, 3.8) is 0 Å². The Morgan fingerprint density at radius 1 is 0.729 bits per heavy atom. The molecular weight excluding hydrogens is 619 g/mol. The van der Waals surface area contributed by atoms with Crippen molar-refractivity contribution in [3.8, 4) is 11.3 Å². The van der Waals surface area contributed by atoms with Crippen molar-refractivity contribution in [2.45, 2.75) is 24.0 Å². The van der Waals surface area contributed by atoms with Gasteiger partial charge in [-0.3, -0.25) is 14.4 Å². The number of hydrogen-bond donors (Lipinski definition) is 3. The van der Waals surface area contributed by atoms with Gasteiger partial charge >= 0.3 is 0 Å². The number of thioether (sulfide) groups is 1. The molecule has 6 rings (SSSR count). The molecule has 238 valence electrons. The number of fused-ring (bicyclic) bond motifs is 1. The average Bonchev–Trinajstić information content (AvgIpc) is 3.58. The van der Waals surface area contributed by atoms with Gasteiger partial charge in [-0.2, -0.15) is 0 Å². The summed E-state index contributed by atoms with van der Waals surface area (Å²) in [6, 6.07) is 41.1. The van der Waals surface area contributed by atoms with Crippen LogP contribution >= 0.6 is 11.8 Å². The van der Waals surface area contributed by atoms with Gasteiger partial charge in [-0.25, -0.2) is 0 Å². The Morgan fingerprint density at radius 3 is 2.21 bits per heavy atom. The number of aryl methyl sites for hydroxylation is 1. The number of furan rings is 1. The Hall–Kier alpha value is -5.86. The summed E-state index contributed by atoms with van der Waals surface area (Å²) in [5.41, 5.74) is 3.76. The first-order valence-corrected chi connectivity index (χ1v) is 16.3. The van der Waals surface area contributed by atoms with Crippen LogP contribution in [0.1, 0.15) is 28.6 Å². The Labute approximate surface area is 283 Å². The van der Waals surface area contributed by atoms with Crippen molar-refractivity contribution < 1.29 is 18.8 Å². The van der Waals surface area contributed by atoms with E-state index in [0.29, 0.717) is 22.8 Å². The molecule has 1 atom stereocenters. The summed E-state index contributed by atoms with van der Waals surface area (Å²) in [7, 11) is 0. The Balaban J connectivity index is 1.14. The third kappa shape index (κ3) is 7.92. The molecule has 48 heavy (non-hydrogen) atoms. The lowest BCUT2D eigenvalue weighted by Crippen LogP contribution is -2.30. The zero-order valence-electron chi connectivity index (χ0n) is 26.4. The highest BCUT2D eigenvalue weighted by Crippen LogP contribution is 2.28. The molecule has 1 aromatic heterocycles. The number of hydrogen-bond acceptors (Lipinski definition) is 5. The largest absolute Gasteiger partial charge is 0.457 e. The molecule has 7 nitrogen and oxygen atoms in total. The fourth-order valence-corrected chi connectivity index (χ4v) is 5.90. The predicted octanol–water partition coefficient (Wildman–Crippen LogP) is 8.94. The minimum Gasteiger partial charge on any atom is -0.457 e. The molecule has 3 amide bonds. The Kier molecular flexibility index (Phi) is 9.83. The number of anilines is 2. The number of amides is 3. The molecule has 0 unspecified atom stereocenters. The van der Waals surface area contributed by atoms with E-state index >= 15 is 0 Å². The standard InChI is InChI=1S/C40H33N3O4S/c1-26-15-17-29(18-16-26)37-24-21-32(47-37)25-36(43-39(45)30-10-4-3-5-11-30)40(46)41-31-19-22-33(23-20-31)48-27(2)38(44)42-35-14-8-12-28-9-6-7-13-34(28)35/h3-25,27H,1-2H3,(H,41,46)(H,42,44)(H,43,45)/b36-25-/t27-/m0/s1. The van der Waals surface area contributed by atoms with Gasteiger partial charge in [0.05, 0.1) is 5.25 Å². The molecule has 0 saturated heterocycles. The summed E-state index contributed by atoms with van der Waals surface area (Å²) >= 11 is 1.41. The molecule has 0 aliphatic heterocycles. The molecule has 0 bridgehead atoms. The van der Waals surface area contributed by atoms with Gasteiger partial charge in [0.1, 0.15) is 17.2 Å². The summed E-state index contributed by atoms with van der Waals surface area (Å²) in [5, 5.41) is 10.3. The number of rotatable bonds is 10. The van der Waals surface area contributed by atoms with E-state index in [1.807, 2.05) is 105 Å². The van der Waals surface area contributed by atoms with E-state index in [1.54, 1.807) is 42.5 Å². The van der Waals surface area contributed by atoms with Crippen molar-refractivity contribution >= 4 is 57.7 Å². The van der Waals surface area contributed by atoms with Crippen LogP contribution < -0.4 is 16.0 Å². The van der Waals surface area contributed by atoms with Crippen molar-refractivity contribution in [2.75, 3.05) is 10.6 Å². The second-order valence-electron chi connectivity index (χ2n) is 11.2. The lowest BCUT2D eigenvalue weighted by atomic mass is 10.1. The highest BCUT2D eigenvalue weighted by molar-refractivity contribution is 8.00. The molecule has 1 heterocycles. The third-order valence-electron chi connectivity index (χ3n) is 7.62. The minimum atomic E-state index is -0.518. The van der Waals surface area contributed by atoms with E-state index in [0.717, 1.165) is 32.5 Å². The average molecular weight is 652 g/mol. The van der Waals surface area contributed by atoms with E-state index in [4.69, 9.17) is 4.42 Å². The van der Waals surface area contributed by atoms with Crippen LogP contribution in [0, 0.1) is 6.92 Å². The smallest absolute Gasteiger partial charge is 0.272 e. The number of nitrogens with one attached hydrogen (secondary N) is 3. The highest BCUT2D eigenvalue weighted by Gasteiger charge is 2.18. The van der Waals surface area contributed by atoms with Crippen LogP contribution in [0.15, 0.2) is 148 Å². The van der Waals surface area contributed by atoms with Crippen LogP contribution in [0.25, 0.3) is 28.2 Å². The van der Waals surface area contributed by atoms with Crippen LogP contribution in [-0.4, -0.2) is 23.0 Å². The molecule has 0 aliphatic carbocycles. The maximum Gasteiger partial charge on any atom is 0.272 e. The normalized spacial score (nSPS) is 11.9. The molecule has 0 fully saturated rings. The molecule has 8 heteroatoms. The van der Waals surface area contributed by atoms with E-state index in [2.05, 4.69) is 16.0 Å². The van der Waals surface area contributed by atoms with Gasteiger partial charge in [-0.15, -0.1) is 11.8 Å². The fourth-order valence-electron chi connectivity index (χ4n) is 5.03. The van der Waals surface area contributed by atoms with Crippen LogP contribution in [0.2, 0.25) is 0 Å². The van der Waals surface area contributed by atoms with Crippen molar-refractivity contribution in [3.05, 3.63) is 156 Å². The van der Waals surface area contributed by atoms with Gasteiger partial charge in [-0.1, -0.05) is 84.4 Å². The van der Waals surface area contributed by atoms with Crippen molar-refractivity contribution in [1.82, 2.24) is 5.32 Å². The molecule has 0 radical (unpaired) electrons. The van der Waals surface area contributed by atoms with Crippen LogP contribution in [0.4, 0.5) is 11.4 Å². The lowest BCUT2D eigenvalue weighted by molar-refractivity contribution is -0.115. The van der Waals surface area contributed by atoms with Crippen LogP contribution in [-0.2, 0) is 9.59 Å². The van der Waals surface area contributed by atoms with Crippen LogP contribution in [0.5, 0.6) is 0 Å². The molecule has 5 aromatic carbocycles. The topological polar surface area (TPSA) is 100 Å². The van der Waals surface area contributed by atoms with Gasteiger partial charge in [0.2, 0.25) is 5.91 Å². The Morgan fingerprint density at radius 2 is 1.44 bits per heavy atom. The molecule has 0 aliphatic rings. The summed E-state index contributed by atoms with van der Waals surface area (Å²) in [6.45, 7) is 3.87. The number of benzene rings is 5. The van der Waals surface area contributed by atoms with Gasteiger partial charge in [0, 0.05) is 38.9 Å². The maximum atomic E-state index is 13.5. The highest BCUT2D eigenvalue weighted by atomic mass is 32.2. The summed E-state index contributed by atoms with van der Waals surface area (Å²) in [4.78, 5) is 40.5. The fraction of sp³-hybridized carbons (Fsp3) is 0.0750. The summed E-state index contributed by atoms with van der Waals surface area (Å²) in [6.07, 6.45) is 1.51. The van der Waals surface area contributed by atoms with Gasteiger partial charge < -0.3 is 20.4 Å². The van der Waals surface area contributed by atoms with Gasteiger partial charge in [-0.05, 0) is 73.8 Å². The van der Waals surface area contributed by atoms with E-state index < -0.39 is 11.8 Å². The molecule has 0 spiro atoms. The molecule has 6 aromatic rings. The summed E-state index contributed by atoms with van der Waals surface area (Å²) < 4.78 is 6.02. The number of carbonyl (C=O) groups excluding carboxylic acids is 3. The first-order chi connectivity index (χ1) is 23.3. The first kappa shape index (κ1) is 32.1. The second-order valence-corrected chi connectivity index (χ2v) is 12.6. The monoisotopic (exact) mass is 651 g/mol. The van der Waals surface area contributed by atoms with E-state index in [-0.39, 0.29) is 16.9 Å². The van der Waals surface area contributed by atoms with Crippen LogP contribution in [0.3, 0.4) is 0 Å². The molecule has 0 saturated carbocycles. The second kappa shape index (κ2) is 14.7. The van der Waals surface area contributed by atoms with E-state index in [9.17, 15) is 14.4 Å². The maximum absolute atomic E-state index is 13.5. The zero-order valence-corrected chi connectivity index (χ0v) is 27.2. The SMILES string of the molecule is Cc1ccc(-c2ccc(/C=C(\NC(=O)c3ccccc3)C(=O)Nc3ccc(S[C@@H](C)C(=O)Nc4cccc5ccccc45)cc3)o2)cc1.